The number of ether oxygens (including phenoxy) is 2. The third-order valence-corrected chi connectivity index (χ3v) is 9.02. The topological polar surface area (TPSA) is 178 Å². The summed E-state index contributed by atoms with van der Waals surface area (Å²) in [5.41, 5.74) is 10.1. The first-order valence-electron chi connectivity index (χ1n) is 17.7. The zero-order chi connectivity index (χ0) is 36.0. The Morgan fingerprint density at radius 1 is 0.920 bits per heavy atom. The van der Waals surface area contributed by atoms with Crippen molar-refractivity contribution in [1.29, 1.82) is 0 Å². The van der Waals surface area contributed by atoms with Crippen molar-refractivity contribution in [1.82, 2.24) is 21.3 Å². The molecule has 0 spiro atoms. The molecule has 12 heteroatoms. The number of hydrogen-bond acceptors (Lipinski definition) is 8. The Kier molecular flexibility index (Phi) is 14.4. The van der Waals surface area contributed by atoms with Crippen LogP contribution in [0.5, 0.6) is 0 Å². The van der Waals surface area contributed by atoms with Gasteiger partial charge in [-0.1, -0.05) is 68.5 Å². The normalized spacial score (nSPS) is 17.0. The molecule has 1 aliphatic heterocycles. The van der Waals surface area contributed by atoms with E-state index >= 15 is 0 Å². The number of carbonyl (C=O) groups excluding carboxylic acids is 5. The molecule has 0 unspecified atom stereocenters. The predicted molar refractivity (Wildman–Crippen MR) is 190 cm³/mol. The maximum absolute atomic E-state index is 13.7. The molecule has 2 aliphatic rings. The van der Waals surface area contributed by atoms with E-state index in [1.54, 1.807) is 6.92 Å². The first-order chi connectivity index (χ1) is 24.1. The second kappa shape index (κ2) is 18.9. The van der Waals surface area contributed by atoms with Gasteiger partial charge in [0.25, 0.3) is 0 Å². The number of amides is 4. The van der Waals surface area contributed by atoms with E-state index in [0.717, 1.165) is 22.3 Å². The maximum Gasteiger partial charge on any atom is 0.407 e. The van der Waals surface area contributed by atoms with Gasteiger partial charge in [-0.15, -0.1) is 0 Å². The molecule has 12 nitrogen and oxygen atoms in total. The van der Waals surface area contributed by atoms with E-state index in [9.17, 15) is 24.0 Å². The van der Waals surface area contributed by atoms with Crippen molar-refractivity contribution < 1.29 is 33.4 Å². The lowest BCUT2D eigenvalue weighted by molar-refractivity contribution is -0.137. The number of benzene rings is 2. The monoisotopic (exact) mass is 689 g/mol. The van der Waals surface area contributed by atoms with Crippen LogP contribution in [0.1, 0.15) is 76.3 Å². The average Bonchev–Trinajstić information content (AvgIpc) is 3.65. The van der Waals surface area contributed by atoms with Crippen LogP contribution in [-0.2, 0) is 28.7 Å². The van der Waals surface area contributed by atoms with Gasteiger partial charge in [0.1, 0.15) is 18.7 Å². The van der Waals surface area contributed by atoms with Gasteiger partial charge in [0, 0.05) is 30.5 Å². The molecule has 4 rings (SSSR count). The van der Waals surface area contributed by atoms with Crippen LogP contribution in [0.3, 0.4) is 0 Å². The summed E-state index contributed by atoms with van der Waals surface area (Å²) in [6.07, 6.45) is 4.74. The minimum absolute atomic E-state index is 0.0333. The van der Waals surface area contributed by atoms with Gasteiger partial charge in [0.05, 0.1) is 6.61 Å². The lowest BCUT2D eigenvalue weighted by Gasteiger charge is -2.26. The van der Waals surface area contributed by atoms with Gasteiger partial charge in [-0.3, -0.25) is 14.4 Å². The van der Waals surface area contributed by atoms with E-state index in [-0.39, 0.29) is 43.3 Å². The van der Waals surface area contributed by atoms with Crippen LogP contribution in [0.4, 0.5) is 4.79 Å². The van der Waals surface area contributed by atoms with Gasteiger partial charge < -0.3 is 36.5 Å². The van der Waals surface area contributed by atoms with Crippen LogP contribution in [-0.4, -0.2) is 74.2 Å². The van der Waals surface area contributed by atoms with Crippen LogP contribution in [0.25, 0.3) is 11.1 Å². The highest BCUT2D eigenvalue weighted by Gasteiger charge is 2.32. The summed E-state index contributed by atoms with van der Waals surface area (Å²) in [4.78, 5) is 65.0. The van der Waals surface area contributed by atoms with Gasteiger partial charge in [0.15, 0.2) is 0 Å². The second-order valence-electron chi connectivity index (χ2n) is 13.2. The summed E-state index contributed by atoms with van der Waals surface area (Å²) < 4.78 is 10.7. The maximum atomic E-state index is 13.7. The molecule has 0 aromatic heterocycles. The van der Waals surface area contributed by atoms with Gasteiger partial charge >= 0.3 is 12.1 Å². The molecule has 2 aromatic rings. The molecule has 2 aromatic carbocycles. The highest BCUT2D eigenvalue weighted by atomic mass is 16.5. The second-order valence-corrected chi connectivity index (χ2v) is 13.2. The van der Waals surface area contributed by atoms with Crippen LogP contribution in [0.15, 0.2) is 60.7 Å². The quantitative estimate of drug-likeness (QED) is 0.0894. The summed E-state index contributed by atoms with van der Waals surface area (Å²) in [6, 6.07) is 13.5. The van der Waals surface area contributed by atoms with Crippen molar-refractivity contribution in [2.75, 3.05) is 26.3 Å². The number of hydrogen-bond donors (Lipinski definition) is 5. The third kappa shape index (κ3) is 10.6. The minimum atomic E-state index is -0.971. The van der Waals surface area contributed by atoms with E-state index < -0.39 is 42.0 Å². The van der Waals surface area contributed by atoms with Crippen molar-refractivity contribution in [3.05, 3.63) is 71.8 Å². The molecule has 0 radical (unpaired) electrons. The van der Waals surface area contributed by atoms with E-state index in [4.69, 9.17) is 15.2 Å². The predicted octanol–water partition coefficient (Wildman–Crippen LogP) is 3.68. The Balaban J connectivity index is 1.43. The highest BCUT2D eigenvalue weighted by Crippen LogP contribution is 2.44. The fourth-order valence-corrected chi connectivity index (χ4v) is 6.55. The lowest BCUT2D eigenvalue weighted by atomic mass is 9.96. The van der Waals surface area contributed by atoms with Crippen LogP contribution >= 0.6 is 0 Å². The van der Waals surface area contributed by atoms with Gasteiger partial charge in [-0.2, -0.15) is 0 Å². The van der Waals surface area contributed by atoms with E-state index in [0.29, 0.717) is 45.2 Å². The molecular weight excluding hydrogens is 638 g/mol. The number of fused-ring (bicyclic) bond motifs is 3. The van der Waals surface area contributed by atoms with Crippen LogP contribution in [0, 0.1) is 11.8 Å². The summed E-state index contributed by atoms with van der Waals surface area (Å²) in [5.74, 6) is -2.10. The van der Waals surface area contributed by atoms with Crippen molar-refractivity contribution >= 4 is 29.8 Å². The molecule has 6 N–H and O–H groups in total. The Morgan fingerprint density at radius 3 is 2.18 bits per heavy atom. The molecule has 4 amide bonds. The average molecular weight is 690 g/mol. The Hall–Kier alpha value is -4.71. The van der Waals surface area contributed by atoms with Crippen molar-refractivity contribution in [2.45, 2.75) is 83.3 Å². The number of nitrogens with two attached hydrogens (primary N) is 1. The first-order valence-corrected chi connectivity index (χ1v) is 17.7. The molecule has 0 saturated carbocycles. The van der Waals surface area contributed by atoms with Crippen LogP contribution in [0.2, 0.25) is 0 Å². The van der Waals surface area contributed by atoms with E-state index in [2.05, 4.69) is 33.4 Å². The summed E-state index contributed by atoms with van der Waals surface area (Å²) in [7, 11) is 0. The van der Waals surface area contributed by atoms with Gasteiger partial charge in [0.2, 0.25) is 17.7 Å². The fraction of sp³-hybridized carbons (Fsp3) is 0.500. The molecule has 4 atom stereocenters. The molecule has 1 saturated heterocycles. The van der Waals surface area contributed by atoms with Crippen molar-refractivity contribution in [2.24, 2.45) is 17.6 Å². The molecule has 1 heterocycles. The largest absolute Gasteiger partial charge is 0.463 e. The fourth-order valence-electron chi connectivity index (χ4n) is 6.55. The summed E-state index contributed by atoms with van der Waals surface area (Å²) in [6.45, 7) is 6.82. The van der Waals surface area contributed by atoms with Gasteiger partial charge in [-0.05, 0) is 80.2 Å². The standard InChI is InChI=1S/C38H51N5O7/c1-4-49-34(44)17-16-26(22-25-18-20-40-35(25)45)41-37(47)33(21-24(2)3)42-36(46)32(15-9-10-19-39)43-38(48)50-23-31-29-13-7-5-11-27(29)28-12-6-8-14-30(28)31/h5-8,11-14,16-17,24-26,31-33H,4,9-10,15,18-23,39H2,1-3H3,(H,40,45)(H,41,47)(H,42,46)(H,43,48)/b17-16+/t25-,26+,32-,33-/m0/s1. The third-order valence-electron chi connectivity index (χ3n) is 9.02. The smallest absolute Gasteiger partial charge is 0.407 e. The van der Waals surface area contributed by atoms with Crippen LogP contribution < -0.4 is 27.0 Å². The Bertz CT molecular complexity index is 1480. The molecule has 0 bridgehead atoms. The van der Waals surface area contributed by atoms with E-state index in [1.807, 2.05) is 50.2 Å². The molecular formula is C38H51N5O7. The summed E-state index contributed by atoms with van der Waals surface area (Å²) in [5, 5.41) is 11.3. The number of unbranched alkanes of at least 4 members (excludes halogenated alkanes) is 1. The Labute approximate surface area is 294 Å². The molecule has 1 aliphatic carbocycles. The lowest BCUT2D eigenvalue weighted by Crippen LogP contribution is -2.55. The number of carbonyl (C=O) groups is 5. The SMILES string of the molecule is CCOC(=O)/C=C/[C@H](C[C@@H]1CCNC1=O)NC(=O)[C@H](CC(C)C)NC(=O)[C@H](CCCCN)NC(=O)OCC1c2ccccc2-c2ccccc21. The number of nitrogens with one attached hydrogen (secondary N) is 4. The number of esters is 1. The molecule has 270 valence electrons. The zero-order valence-corrected chi connectivity index (χ0v) is 29.2. The number of rotatable bonds is 18. The summed E-state index contributed by atoms with van der Waals surface area (Å²) >= 11 is 0. The Morgan fingerprint density at radius 2 is 1.58 bits per heavy atom. The molecule has 50 heavy (non-hydrogen) atoms. The van der Waals surface area contributed by atoms with Crippen molar-refractivity contribution in [3.8, 4) is 11.1 Å². The zero-order valence-electron chi connectivity index (χ0n) is 29.2. The van der Waals surface area contributed by atoms with E-state index in [1.165, 1.54) is 12.2 Å². The number of alkyl carbamates (subject to hydrolysis) is 1. The molecule has 1 fully saturated rings. The van der Waals surface area contributed by atoms with Crippen molar-refractivity contribution in [3.63, 3.8) is 0 Å². The minimum Gasteiger partial charge on any atom is -0.463 e. The van der Waals surface area contributed by atoms with Gasteiger partial charge in [-0.25, -0.2) is 9.59 Å². The first kappa shape index (κ1) is 38.1. The highest BCUT2D eigenvalue weighted by molar-refractivity contribution is 5.92.